The highest BCUT2D eigenvalue weighted by Crippen LogP contribution is 2.20. The molecule has 2 aliphatic rings. The van der Waals surface area contributed by atoms with Crippen molar-refractivity contribution in [2.75, 3.05) is 57.9 Å². The standard InChI is InChI=1S/C21H35N5O/c1-3-22-21(23-16-20-10-7-12-25(20)14-15-27-2)24-18-11-13-26(17-18)19-8-5-4-6-9-19/h4-6,8-9,18,20H,3,7,10-17H2,1-2H3,(H2,22,23,24). The van der Waals surface area contributed by atoms with Gasteiger partial charge in [0.15, 0.2) is 5.96 Å². The van der Waals surface area contributed by atoms with Crippen molar-refractivity contribution in [3.8, 4) is 0 Å². The number of rotatable bonds is 8. The van der Waals surface area contributed by atoms with Gasteiger partial charge in [0, 0.05) is 51.1 Å². The van der Waals surface area contributed by atoms with Gasteiger partial charge < -0.3 is 20.3 Å². The molecule has 2 aliphatic heterocycles. The van der Waals surface area contributed by atoms with Gasteiger partial charge >= 0.3 is 0 Å². The Morgan fingerprint density at radius 1 is 1.22 bits per heavy atom. The minimum absolute atomic E-state index is 0.441. The summed E-state index contributed by atoms with van der Waals surface area (Å²) in [6.07, 6.45) is 3.64. The number of guanidine groups is 1. The molecule has 3 rings (SSSR count). The maximum Gasteiger partial charge on any atom is 0.191 e. The third-order valence-corrected chi connectivity index (χ3v) is 5.54. The van der Waals surface area contributed by atoms with E-state index in [4.69, 9.17) is 9.73 Å². The Morgan fingerprint density at radius 3 is 2.85 bits per heavy atom. The number of aliphatic imine (C=N–C) groups is 1. The quantitative estimate of drug-likeness (QED) is 0.539. The first kappa shape index (κ1) is 20.0. The van der Waals surface area contributed by atoms with E-state index < -0.39 is 0 Å². The number of likely N-dealkylation sites (tertiary alicyclic amines) is 1. The molecule has 0 spiro atoms. The van der Waals surface area contributed by atoms with Crippen LogP contribution in [0.1, 0.15) is 26.2 Å². The van der Waals surface area contributed by atoms with Gasteiger partial charge in [-0.1, -0.05) is 18.2 Å². The summed E-state index contributed by atoms with van der Waals surface area (Å²) in [5.41, 5.74) is 1.31. The molecule has 6 nitrogen and oxygen atoms in total. The highest BCUT2D eigenvalue weighted by molar-refractivity contribution is 5.80. The summed E-state index contributed by atoms with van der Waals surface area (Å²) in [6.45, 7) is 8.97. The molecule has 0 aromatic heterocycles. The Hall–Kier alpha value is -1.79. The van der Waals surface area contributed by atoms with Crippen molar-refractivity contribution in [1.82, 2.24) is 15.5 Å². The third-order valence-electron chi connectivity index (χ3n) is 5.54. The Balaban J connectivity index is 1.52. The Morgan fingerprint density at radius 2 is 2.07 bits per heavy atom. The van der Waals surface area contributed by atoms with Gasteiger partial charge in [-0.25, -0.2) is 0 Å². The van der Waals surface area contributed by atoms with Crippen LogP contribution < -0.4 is 15.5 Å². The van der Waals surface area contributed by atoms with Crippen molar-refractivity contribution in [2.24, 2.45) is 4.99 Å². The summed E-state index contributed by atoms with van der Waals surface area (Å²) in [5, 5.41) is 7.08. The number of hydrogen-bond acceptors (Lipinski definition) is 4. The second kappa shape index (κ2) is 10.5. The van der Waals surface area contributed by atoms with Crippen molar-refractivity contribution in [1.29, 1.82) is 0 Å². The average Bonchev–Trinajstić information content (AvgIpc) is 3.34. The van der Waals surface area contributed by atoms with Crippen molar-refractivity contribution in [3.05, 3.63) is 30.3 Å². The molecule has 2 atom stereocenters. The average molecular weight is 374 g/mol. The highest BCUT2D eigenvalue weighted by Gasteiger charge is 2.25. The lowest BCUT2D eigenvalue weighted by molar-refractivity contribution is 0.142. The maximum atomic E-state index is 5.24. The van der Waals surface area contributed by atoms with Crippen molar-refractivity contribution in [3.63, 3.8) is 0 Å². The van der Waals surface area contributed by atoms with Gasteiger partial charge in [0.05, 0.1) is 13.2 Å². The van der Waals surface area contributed by atoms with Crippen molar-refractivity contribution in [2.45, 2.75) is 38.3 Å². The van der Waals surface area contributed by atoms with Gasteiger partial charge in [0.2, 0.25) is 0 Å². The third kappa shape index (κ3) is 5.84. The summed E-state index contributed by atoms with van der Waals surface area (Å²) >= 11 is 0. The molecule has 6 heteroatoms. The van der Waals surface area contributed by atoms with Gasteiger partial charge in [-0.15, -0.1) is 0 Å². The van der Waals surface area contributed by atoms with E-state index in [1.54, 1.807) is 7.11 Å². The highest BCUT2D eigenvalue weighted by atomic mass is 16.5. The molecule has 2 unspecified atom stereocenters. The number of ether oxygens (including phenoxy) is 1. The van der Waals surface area contributed by atoms with E-state index in [9.17, 15) is 0 Å². The second-order valence-electron chi connectivity index (χ2n) is 7.46. The molecule has 27 heavy (non-hydrogen) atoms. The molecule has 0 radical (unpaired) electrons. The van der Waals surface area contributed by atoms with Crippen LogP contribution in [-0.2, 0) is 4.74 Å². The largest absolute Gasteiger partial charge is 0.383 e. The maximum absolute atomic E-state index is 5.24. The van der Waals surface area contributed by atoms with Crippen LogP contribution in [0.4, 0.5) is 5.69 Å². The predicted octanol–water partition coefficient (Wildman–Crippen LogP) is 1.93. The van der Waals surface area contributed by atoms with Crippen LogP contribution in [0.2, 0.25) is 0 Å². The molecule has 2 saturated heterocycles. The van der Waals surface area contributed by atoms with E-state index in [0.717, 1.165) is 51.7 Å². The van der Waals surface area contributed by atoms with Gasteiger partial charge in [0.25, 0.3) is 0 Å². The number of nitrogens with zero attached hydrogens (tertiary/aromatic N) is 3. The van der Waals surface area contributed by atoms with Crippen LogP contribution in [0.15, 0.2) is 35.3 Å². The summed E-state index contributed by atoms with van der Waals surface area (Å²) in [6, 6.07) is 11.7. The van der Waals surface area contributed by atoms with Crippen LogP contribution in [0.3, 0.4) is 0 Å². The van der Waals surface area contributed by atoms with Gasteiger partial charge in [-0.2, -0.15) is 0 Å². The summed E-state index contributed by atoms with van der Waals surface area (Å²) in [4.78, 5) is 9.87. The lowest BCUT2D eigenvalue weighted by Gasteiger charge is -2.24. The number of hydrogen-bond donors (Lipinski definition) is 2. The first-order chi connectivity index (χ1) is 13.3. The molecule has 2 heterocycles. The van der Waals surface area contributed by atoms with Gasteiger partial charge in [0.1, 0.15) is 0 Å². The molecule has 1 aromatic carbocycles. The smallest absolute Gasteiger partial charge is 0.191 e. The molecule has 1 aromatic rings. The monoisotopic (exact) mass is 373 g/mol. The van der Waals surface area contributed by atoms with Crippen LogP contribution in [0.25, 0.3) is 0 Å². The first-order valence-electron chi connectivity index (χ1n) is 10.4. The fourth-order valence-corrected chi connectivity index (χ4v) is 4.07. The molecule has 2 fully saturated rings. The fraction of sp³-hybridized carbons (Fsp3) is 0.667. The van der Waals surface area contributed by atoms with Crippen LogP contribution >= 0.6 is 0 Å². The minimum atomic E-state index is 0.441. The van der Waals surface area contributed by atoms with E-state index in [1.165, 1.54) is 25.1 Å². The first-order valence-corrected chi connectivity index (χ1v) is 10.4. The zero-order valence-corrected chi connectivity index (χ0v) is 16.9. The number of methoxy groups -OCH3 is 1. The van der Waals surface area contributed by atoms with Gasteiger partial charge in [-0.3, -0.25) is 9.89 Å². The predicted molar refractivity (Wildman–Crippen MR) is 113 cm³/mol. The normalized spacial score (nSPS) is 23.8. The summed E-state index contributed by atoms with van der Waals surface area (Å²) < 4.78 is 5.24. The zero-order valence-electron chi connectivity index (χ0n) is 16.9. The summed E-state index contributed by atoms with van der Waals surface area (Å²) in [5.74, 6) is 0.955. The number of benzene rings is 1. The zero-order chi connectivity index (χ0) is 18.9. The molecule has 0 bridgehead atoms. The van der Waals surface area contributed by atoms with Gasteiger partial charge in [-0.05, 0) is 44.9 Å². The lowest BCUT2D eigenvalue weighted by Crippen LogP contribution is -2.45. The van der Waals surface area contributed by atoms with E-state index in [1.807, 2.05) is 0 Å². The Labute approximate surface area is 164 Å². The molecular weight excluding hydrogens is 338 g/mol. The van der Waals surface area contributed by atoms with E-state index in [2.05, 4.69) is 57.7 Å². The number of nitrogens with one attached hydrogen (secondary N) is 2. The Kier molecular flexibility index (Phi) is 7.78. The van der Waals surface area contributed by atoms with Crippen LogP contribution in [-0.4, -0.2) is 75.9 Å². The van der Waals surface area contributed by atoms with E-state index >= 15 is 0 Å². The topological polar surface area (TPSA) is 52.1 Å². The molecule has 150 valence electrons. The van der Waals surface area contributed by atoms with Crippen molar-refractivity contribution >= 4 is 11.6 Å². The van der Waals surface area contributed by atoms with E-state index in [-0.39, 0.29) is 0 Å². The molecule has 2 N–H and O–H groups in total. The minimum Gasteiger partial charge on any atom is -0.383 e. The van der Waals surface area contributed by atoms with E-state index in [0.29, 0.717) is 12.1 Å². The van der Waals surface area contributed by atoms with Crippen LogP contribution in [0.5, 0.6) is 0 Å². The second-order valence-corrected chi connectivity index (χ2v) is 7.46. The molecule has 0 aliphatic carbocycles. The summed E-state index contributed by atoms with van der Waals surface area (Å²) in [7, 11) is 1.77. The Bertz CT molecular complexity index is 579. The number of para-hydroxylation sites is 1. The van der Waals surface area contributed by atoms with Crippen molar-refractivity contribution < 1.29 is 4.74 Å². The fourth-order valence-electron chi connectivity index (χ4n) is 4.07. The molecular formula is C21H35N5O. The molecule has 0 saturated carbocycles. The number of anilines is 1. The lowest BCUT2D eigenvalue weighted by atomic mass is 10.2. The van der Waals surface area contributed by atoms with Crippen LogP contribution in [0, 0.1) is 0 Å². The molecule has 0 amide bonds. The SMILES string of the molecule is CCNC(=NCC1CCCN1CCOC)NC1CCN(c2ccccc2)C1.